The lowest BCUT2D eigenvalue weighted by molar-refractivity contribution is 0.0955. The molecule has 0 aromatic heterocycles. The van der Waals surface area contributed by atoms with Gasteiger partial charge in [0.15, 0.2) is 0 Å². The Hall–Kier alpha value is -2.08. The Morgan fingerprint density at radius 2 is 1.62 bits per heavy atom. The second kappa shape index (κ2) is 11.5. The van der Waals surface area contributed by atoms with E-state index >= 15 is 0 Å². The summed E-state index contributed by atoms with van der Waals surface area (Å²) in [5.74, 6) is -0.508. The molecule has 0 saturated carbocycles. The molecule has 0 spiro atoms. The van der Waals surface area contributed by atoms with E-state index in [1.165, 1.54) is 0 Å². The van der Waals surface area contributed by atoms with Crippen molar-refractivity contribution in [3.63, 3.8) is 0 Å². The first-order valence-electron chi connectivity index (χ1n) is 8.26. The fraction of sp³-hybridized carbons (Fsp3) is 0.263. The molecule has 2 aromatic carbocycles. The van der Waals surface area contributed by atoms with E-state index in [-0.39, 0.29) is 24.2 Å². The van der Waals surface area contributed by atoms with Gasteiger partial charge in [-0.05, 0) is 49.4 Å². The van der Waals surface area contributed by atoms with Crippen LogP contribution in [-0.2, 0) is 0 Å². The highest BCUT2D eigenvalue weighted by molar-refractivity contribution is 6.30. The molecule has 2 rings (SSSR count). The van der Waals surface area contributed by atoms with Crippen molar-refractivity contribution >= 4 is 41.5 Å². The fourth-order valence-electron chi connectivity index (χ4n) is 2.25. The highest BCUT2D eigenvalue weighted by Gasteiger charge is 2.13. The molecule has 0 radical (unpaired) electrons. The molecule has 0 aliphatic heterocycles. The number of carbonyl (C=O) groups excluding carboxylic acids is 2. The normalized spacial score (nSPS) is 9.92. The van der Waals surface area contributed by atoms with Gasteiger partial charge in [-0.1, -0.05) is 30.7 Å². The number of carbonyl (C=O) groups is 2. The summed E-state index contributed by atoms with van der Waals surface area (Å²) in [5.41, 5.74) is 1.38. The molecule has 0 fully saturated rings. The minimum atomic E-state index is -0.290. The number of amides is 2. The summed E-state index contributed by atoms with van der Waals surface area (Å²) in [6.07, 6.45) is 1.05. The average Bonchev–Trinajstić information content (AvgIpc) is 2.62. The molecule has 0 heterocycles. The predicted molar refractivity (Wildman–Crippen MR) is 109 cm³/mol. The highest BCUT2D eigenvalue weighted by Crippen LogP contribution is 2.17. The molecule has 0 aliphatic rings. The lowest BCUT2D eigenvalue weighted by Gasteiger charge is -2.12. The summed E-state index contributed by atoms with van der Waals surface area (Å²) in [7, 11) is 0. The topological polar surface area (TPSA) is 70.2 Å². The second-order valence-electron chi connectivity index (χ2n) is 5.51. The summed E-state index contributed by atoms with van der Waals surface area (Å²) in [6, 6.07) is 13.5. The van der Waals surface area contributed by atoms with Crippen LogP contribution in [-0.4, -0.2) is 31.4 Å². The first kappa shape index (κ1) is 22.0. The van der Waals surface area contributed by atoms with Gasteiger partial charge in [-0.15, -0.1) is 12.4 Å². The van der Waals surface area contributed by atoms with Crippen LogP contribution in [0.25, 0.3) is 0 Å². The molecule has 140 valence electrons. The van der Waals surface area contributed by atoms with Crippen LogP contribution in [0.15, 0.2) is 48.5 Å². The van der Waals surface area contributed by atoms with Crippen molar-refractivity contribution in [3.8, 4) is 0 Å². The first-order chi connectivity index (χ1) is 12.1. The fourth-order valence-corrected chi connectivity index (χ4v) is 2.37. The van der Waals surface area contributed by atoms with E-state index in [2.05, 4.69) is 22.9 Å². The Labute approximate surface area is 164 Å². The summed E-state index contributed by atoms with van der Waals surface area (Å²) in [4.78, 5) is 24.7. The van der Waals surface area contributed by atoms with Crippen molar-refractivity contribution in [2.75, 3.05) is 25.0 Å². The van der Waals surface area contributed by atoms with Gasteiger partial charge < -0.3 is 16.0 Å². The van der Waals surface area contributed by atoms with Gasteiger partial charge in [-0.2, -0.15) is 0 Å². The number of nitrogens with one attached hydrogen (secondary N) is 3. The van der Waals surface area contributed by atoms with Crippen LogP contribution in [0, 0.1) is 0 Å². The maximum atomic E-state index is 12.4. The Morgan fingerprint density at radius 3 is 2.31 bits per heavy atom. The molecule has 2 amide bonds. The van der Waals surface area contributed by atoms with Crippen LogP contribution in [0.1, 0.15) is 34.1 Å². The van der Waals surface area contributed by atoms with Gasteiger partial charge in [0, 0.05) is 23.7 Å². The third-order valence-electron chi connectivity index (χ3n) is 3.54. The molecule has 0 unspecified atom stereocenters. The van der Waals surface area contributed by atoms with E-state index in [1.54, 1.807) is 48.5 Å². The number of rotatable bonds is 8. The largest absolute Gasteiger partial charge is 0.351 e. The van der Waals surface area contributed by atoms with Crippen molar-refractivity contribution in [2.24, 2.45) is 0 Å². The molecule has 0 aliphatic carbocycles. The number of para-hydroxylation sites is 1. The molecule has 7 heteroatoms. The smallest absolute Gasteiger partial charge is 0.255 e. The van der Waals surface area contributed by atoms with Gasteiger partial charge >= 0.3 is 0 Å². The minimum Gasteiger partial charge on any atom is -0.351 e. The molecule has 2 aromatic rings. The van der Waals surface area contributed by atoms with E-state index in [0.29, 0.717) is 34.9 Å². The van der Waals surface area contributed by atoms with E-state index < -0.39 is 0 Å². The van der Waals surface area contributed by atoms with Gasteiger partial charge in [0.2, 0.25) is 0 Å². The van der Waals surface area contributed by atoms with Gasteiger partial charge in [0.1, 0.15) is 0 Å². The Bertz CT molecular complexity index is 721. The lowest BCUT2D eigenvalue weighted by Crippen LogP contribution is -2.32. The van der Waals surface area contributed by atoms with Crippen molar-refractivity contribution < 1.29 is 9.59 Å². The summed E-state index contributed by atoms with van der Waals surface area (Å²) in [5, 5.41) is 9.41. The SMILES string of the molecule is CCCNCCNC(=O)c1ccccc1NC(=O)c1ccc(Cl)cc1.Cl. The molecule has 0 bridgehead atoms. The minimum absolute atomic E-state index is 0. The molecule has 0 atom stereocenters. The molecule has 5 nitrogen and oxygen atoms in total. The van der Waals surface area contributed by atoms with Crippen LogP contribution in [0.5, 0.6) is 0 Å². The van der Waals surface area contributed by atoms with Crippen molar-refractivity contribution in [2.45, 2.75) is 13.3 Å². The summed E-state index contributed by atoms with van der Waals surface area (Å²) in [6.45, 7) is 4.24. The zero-order valence-electron chi connectivity index (χ0n) is 14.5. The van der Waals surface area contributed by atoms with Crippen LogP contribution >= 0.6 is 24.0 Å². The Morgan fingerprint density at radius 1 is 0.923 bits per heavy atom. The van der Waals surface area contributed by atoms with Crippen molar-refractivity contribution in [1.82, 2.24) is 10.6 Å². The van der Waals surface area contributed by atoms with Gasteiger partial charge in [0.25, 0.3) is 11.8 Å². The number of anilines is 1. The first-order valence-corrected chi connectivity index (χ1v) is 8.64. The molecular weight excluding hydrogens is 373 g/mol. The van der Waals surface area contributed by atoms with Crippen LogP contribution in [0.3, 0.4) is 0 Å². The van der Waals surface area contributed by atoms with E-state index in [9.17, 15) is 9.59 Å². The molecule has 3 N–H and O–H groups in total. The van der Waals surface area contributed by atoms with E-state index in [1.807, 2.05) is 0 Å². The zero-order valence-corrected chi connectivity index (χ0v) is 16.1. The number of halogens is 2. The van der Waals surface area contributed by atoms with Crippen molar-refractivity contribution in [3.05, 3.63) is 64.7 Å². The van der Waals surface area contributed by atoms with Crippen LogP contribution in [0.4, 0.5) is 5.69 Å². The highest BCUT2D eigenvalue weighted by atomic mass is 35.5. The van der Waals surface area contributed by atoms with Gasteiger partial charge in [0.05, 0.1) is 11.3 Å². The van der Waals surface area contributed by atoms with Crippen LogP contribution in [0.2, 0.25) is 5.02 Å². The number of hydrogen-bond acceptors (Lipinski definition) is 3. The molecular formula is C19H23Cl2N3O2. The summed E-state index contributed by atoms with van der Waals surface area (Å²) >= 11 is 5.83. The van der Waals surface area contributed by atoms with Crippen molar-refractivity contribution in [1.29, 1.82) is 0 Å². The quantitative estimate of drug-likeness (QED) is 0.596. The predicted octanol–water partition coefficient (Wildman–Crippen LogP) is 3.74. The monoisotopic (exact) mass is 395 g/mol. The standard InChI is InChI=1S/C19H22ClN3O2.ClH/c1-2-11-21-12-13-22-19(25)16-5-3-4-6-17(16)23-18(24)14-7-9-15(20)10-8-14;/h3-10,21H,2,11-13H2,1H3,(H,22,25)(H,23,24);1H. The second-order valence-corrected chi connectivity index (χ2v) is 5.95. The van der Waals surface area contributed by atoms with Gasteiger partial charge in [-0.3, -0.25) is 9.59 Å². The molecule has 0 saturated heterocycles. The maximum absolute atomic E-state index is 12.4. The third-order valence-corrected chi connectivity index (χ3v) is 3.79. The van der Waals surface area contributed by atoms with E-state index in [4.69, 9.17) is 11.6 Å². The Balaban J connectivity index is 0.00000338. The number of hydrogen-bond donors (Lipinski definition) is 3. The summed E-state index contributed by atoms with van der Waals surface area (Å²) < 4.78 is 0. The maximum Gasteiger partial charge on any atom is 0.255 e. The zero-order chi connectivity index (χ0) is 18.1. The number of benzene rings is 2. The van der Waals surface area contributed by atoms with Gasteiger partial charge in [-0.25, -0.2) is 0 Å². The van der Waals surface area contributed by atoms with Crippen LogP contribution < -0.4 is 16.0 Å². The Kier molecular flexibility index (Phi) is 9.73. The lowest BCUT2D eigenvalue weighted by atomic mass is 10.1. The van der Waals surface area contributed by atoms with E-state index in [0.717, 1.165) is 13.0 Å². The molecule has 26 heavy (non-hydrogen) atoms. The third kappa shape index (κ3) is 6.67. The average molecular weight is 396 g/mol.